The first kappa shape index (κ1) is 27.8. The molecule has 0 N–H and O–H groups in total. The second-order valence-electron chi connectivity index (χ2n) is 10.6. The second-order valence-corrected chi connectivity index (χ2v) is 10.6. The number of ketones is 1. The third kappa shape index (κ3) is 5.74. The fourth-order valence-corrected chi connectivity index (χ4v) is 5.79. The van der Waals surface area contributed by atoms with Gasteiger partial charge in [-0.15, -0.1) is 0 Å². The van der Waals surface area contributed by atoms with Gasteiger partial charge in [-0.3, -0.25) is 19.3 Å². The van der Waals surface area contributed by atoms with Crippen molar-refractivity contribution < 1.29 is 37.9 Å². The standard InChI is InChI=1S/C34H27NO8/c36-29(22-11-14-26(15-12-22)43-34(40)30-10-5-17-41-30)20-42-33(39)24-8-4-9-25(18-24)35-31(37)27-16-13-23(19-28(27)32(35)38)21-6-2-1-3-7-21/h1-12,14-15,17-18,23,27-28H,13,16,19-20H2/t23-,27-,28+/m0/s1. The fraction of sp³-hybridized carbons (Fsp3) is 0.206. The summed E-state index contributed by atoms with van der Waals surface area (Å²) in [4.78, 5) is 65.4. The van der Waals surface area contributed by atoms with Gasteiger partial charge in [0.05, 0.1) is 29.3 Å². The van der Waals surface area contributed by atoms with Crippen LogP contribution >= 0.6 is 0 Å². The normalized spacial score (nSPS) is 19.5. The summed E-state index contributed by atoms with van der Waals surface area (Å²) in [6, 6.07) is 25.0. The summed E-state index contributed by atoms with van der Waals surface area (Å²) in [7, 11) is 0. The van der Waals surface area contributed by atoms with Crippen molar-refractivity contribution in [1.29, 1.82) is 0 Å². The third-order valence-corrected chi connectivity index (χ3v) is 7.98. The molecule has 43 heavy (non-hydrogen) atoms. The van der Waals surface area contributed by atoms with E-state index in [1.165, 1.54) is 59.2 Å². The zero-order valence-corrected chi connectivity index (χ0v) is 23.0. The molecule has 3 aromatic carbocycles. The van der Waals surface area contributed by atoms with Crippen LogP contribution in [0.4, 0.5) is 5.69 Å². The number of anilines is 1. The number of Topliss-reactive ketones (excluding diaryl/α,β-unsaturated/α-hetero) is 1. The summed E-state index contributed by atoms with van der Waals surface area (Å²) in [5.41, 5.74) is 1.84. The average Bonchev–Trinajstić information content (AvgIpc) is 3.67. The summed E-state index contributed by atoms with van der Waals surface area (Å²) >= 11 is 0. The van der Waals surface area contributed by atoms with Crippen molar-refractivity contribution in [1.82, 2.24) is 0 Å². The highest BCUT2D eigenvalue weighted by atomic mass is 16.5. The number of ether oxygens (including phenoxy) is 2. The van der Waals surface area contributed by atoms with Crippen molar-refractivity contribution in [2.24, 2.45) is 11.8 Å². The lowest BCUT2D eigenvalue weighted by Gasteiger charge is -2.28. The van der Waals surface area contributed by atoms with E-state index in [9.17, 15) is 24.0 Å². The van der Waals surface area contributed by atoms with Crippen LogP contribution in [0, 0.1) is 11.8 Å². The van der Waals surface area contributed by atoms with Crippen molar-refractivity contribution in [3.8, 4) is 5.75 Å². The number of rotatable bonds is 8. The van der Waals surface area contributed by atoms with Gasteiger partial charge in [0.1, 0.15) is 5.75 Å². The Morgan fingerprint density at radius 2 is 1.53 bits per heavy atom. The first-order valence-corrected chi connectivity index (χ1v) is 14.0. The molecule has 1 aromatic heterocycles. The Balaban J connectivity index is 1.07. The number of benzene rings is 3. The lowest BCUT2D eigenvalue weighted by atomic mass is 9.73. The molecule has 0 spiro atoms. The summed E-state index contributed by atoms with van der Waals surface area (Å²) in [5.74, 6) is -2.71. The van der Waals surface area contributed by atoms with Crippen molar-refractivity contribution >= 4 is 35.2 Å². The van der Waals surface area contributed by atoms with E-state index in [0.29, 0.717) is 18.5 Å². The van der Waals surface area contributed by atoms with Gasteiger partial charge < -0.3 is 13.9 Å². The maximum absolute atomic E-state index is 13.4. The smallest absolute Gasteiger partial charge is 0.379 e. The zero-order valence-electron chi connectivity index (χ0n) is 23.0. The number of carbonyl (C=O) groups is 5. The number of nitrogens with zero attached hydrogens (tertiary/aromatic N) is 1. The molecular weight excluding hydrogens is 550 g/mol. The Bertz CT molecular complexity index is 1680. The van der Waals surface area contributed by atoms with E-state index < -0.39 is 30.2 Å². The van der Waals surface area contributed by atoms with Crippen molar-refractivity contribution in [3.05, 3.63) is 120 Å². The highest BCUT2D eigenvalue weighted by Crippen LogP contribution is 2.45. The molecule has 3 atom stereocenters. The molecule has 1 saturated heterocycles. The molecule has 1 aliphatic carbocycles. The predicted molar refractivity (Wildman–Crippen MR) is 154 cm³/mol. The third-order valence-electron chi connectivity index (χ3n) is 7.98. The van der Waals surface area contributed by atoms with E-state index in [1.807, 2.05) is 18.2 Å². The van der Waals surface area contributed by atoms with E-state index >= 15 is 0 Å². The average molecular weight is 578 g/mol. The largest absolute Gasteiger partial charge is 0.457 e. The summed E-state index contributed by atoms with van der Waals surface area (Å²) in [5, 5.41) is 0. The van der Waals surface area contributed by atoms with Gasteiger partial charge in [-0.05, 0) is 85.3 Å². The van der Waals surface area contributed by atoms with Gasteiger partial charge in [-0.2, -0.15) is 0 Å². The number of carbonyl (C=O) groups excluding carboxylic acids is 5. The van der Waals surface area contributed by atoms with E-state index in [-0.39, 0.29) is 46.3 Å². The Morgan fingerprint density at radius 3 is 2.28 bits per heavy atom. The quantitative estimate of drug-likeness (QED) is 0.115. The summed E-state index contributed by atoms with van der Waals surface area (Å²) in [6.07, 6.45) is 3.42. The molecule has 9 nitrogen and oxygen atoms in total. The molecule has 9 heteroatoms. The summed E-state index contributed by atoms with van der Waals surface area (Å²) < 4.78 is 15.4. The van der Waals surface area contributed by atoms with Crippen LogP contribution in [0.3, 0.4) is 0 Å². The number of amides is 2. The Morgan fingerprint density at radius 1 is 0.767 bits per heavy atom. The molecule has 0 radical (unpaired) electrons. The van der Waals surface area contributed by atoms with E-state index in [2.05, 4.69) is 12.1 Å². The van der Waals surface area contributed by atoms with Gasteiger partial charge in [0, 0.05) is 5.56 Å². The second kappa shape index (κ2) is 11.9. The molecule has 6 rings (SSSR count). The number of fused-ring (bicyclic) bond motifs is 1. The van der Waals surface area contributed by atoms with Crippen LogP contribution in [-0.4, -0.2) is 36.1 Å². The van der Waals surface area contributed by atoms with Gasteiger partial charge in [0.2, 0.25) is 17.6 Å². The van der Waals surface area contributed by atoms with Gasteiger partial charge in [0.15, 0.2) is 12.4 Å². The van der Waals surface area contributed by atoms with Crippen LogP contribution < -0.4 is 9.64 Å². The SMILES string of the molecule is O=C(COC(=O)c1cccc(N2C(=O)[C@H]3CC[C@H](c4ccccc4)C[C@H]3C2=O)c1)c1ccc(OC(=O)c2ccco2)cc1. The topological polar surface area (TPSA) is 120 Å². The number of imide groups is 1. The first-order chi connectivity index (χ1) is 20.9. The molecule has 1 saturated carbocycles. The van der Waals surface area contributed by atoms with E-state index in [1.54, 1.807) is 18.2 Å². The number of hydrogen-bond donors (Lipinski definition) is 0. The lowest BCUT2D eigenvalue weighted by molar-refractivity contribution is -0.122. The Hall–Kier alpha value is -5.31. The van der Waals surface area contributed by atoms with Crippen LogP contribution in [0.1, 0.15) is 62.0 Å². The number of hydrogen-bond acceptors (Lipinski definition) is 8. The minimum atomic E-state index is -0.764. The number of esters is 2. The van der Waals surface area contributed by atoms with Crippen molar-refractivity contribution in [2.45, 2.75) is 25.2 Å². The first-order valence-electron chi connectivity index (χ1n) is 14.0. The van der Waals surface area contributed by atoms with E-state index in [0.717, 1.165) is 6.42 Å². The monoisotopic (exact) mass is 577 g/mol. The van der Waals surface area contributed by atoms with Gasteiger partial charge in [-0.1, -0.05) is 36.4 Å². The van der Waals surface area contributed by atoms with Crippen LogP contribution in [0.5, 0.6) is 5.75 Å². The molecular formula is C34H27NO8. The van der Waals surface area contributed by atoms with Crippen LogP contribution in [0.2, 0.25) is 0 Å². The molecule has 0 bridgehead atoms. The van der Waals surface area contributed by atoms with Crippen LogP contribution in [0.15, 0.2) is 102 Å². The van der Waals surface area contributed by atoms with Crippen molar-refractivity contribution in [2.75, 3.05) is 11.5 Å². The summed E-state index contributed by atoms with van der Waals surface area (Å²) in [6.45, 7) is -0.527. The minimum Gasteiger partial charge on any atom is -0.457 e. The molecule has 2 heterocycles. The van der Waals surface area contributed by atoms with Crippen LogP contribution in [-0.2, 0) is 14.3 Å². The number of furan rings is 1. The Kier molecular flexibility index (Phi) is 7.70. The van der Waals surface area contributed by atoms with E-state index in [4.69, 9.17) is 13.9 Å². The van der Waals surface area contributed by atoms with Gasteiger partial charge in [0.25, 0.3) is 0 Å². The zero-order chi connectivity index (χ0) is 29.9. The molecule has 4 aromatic rings. The molecule has 2 amide bonds. The molecule has 216 valence electrons. The molecule has 1 aliphatic heterocycles. The highest BCUT2D eigenvalue weighted by molar-refractivity contribution is 6.22. The maximum Gasteiger partial charge on any atom is 0.379 e. The predicted octanol–water partition coefficient (Wildman–Crippen LogP) is 5.61. The Labute approximate surface area is 247 Å². The molecule has 0 unspecified atom stereocenters. The fourth-order valence-electron chi connectivity index (χ4n) is 5.79. The molecule has 2 fully saturated rings. The lowest BCUT2D eigenvalue weighted by Crippen LogP contribution is -2.31. The maximum atomic E-state index is 13.4. The van der Waals surface area contributed by atoms with Crippen molar-refractivity contribution in [3.63, 3.8) is 0 Å². The van der Waals surface area contributed by atoms with Gasteiger partial charge in [-0.25, -0.2) is 9.59 Å². The molecule has 2 aliphatic rings. The minimum absolute atomic E-state index is 0.0460. The highest BCUT2D eigenvalue weighted by Gasteiger charge is 2.50. The van der Waals surface area contributed by atoms with Gasteiger partial charge >= 0.3 is 11.9 Å². The van der Waals surface area contributed by atoms with Crippen LogP contribution in [0.25, 0.3) is 0 Å².